The van der Waals surface area contributed by atoms with E-state index in [0.29, 0.717) is 10.8 Å². The molecule has 2 aliphatic carbocycles. The highest BCUT2D eigenvalue weighted by molar-refractivity contribution is 7.13. The van der Waals surface area contributed by atoms with Gasteiger partial charge in [-0.1, -0.05) is 49.6 Å². The number of nitrogens with zero attached hydrogens (tertiary/aromatic N) is 3. The van der Waals surface area contributed by atoms with Crippen molar-refractivity contribution >= 4 is 34.2 Å². The van der Waals surface area contributed by atoms with Crippen molar-refractivity contribution in [2.24, 2.45) is 5.92 Å². The average molecular weight is 538 g/mol. The standard InChI is InChI=1S/C29H39N5O3S/c35-26(30-23-13-15-33(16-14-23)18-21-7-3-1-4-8-21)17-24-20-38-29(31-24)32-27(36)19-34(25-11-12-25)28(37)22-9-5-2-6-10-22/h1,3-4,7-8,20,22-23,25H,2,5-6,9-19H2,(H,30,35)(H,31,32,36). The summed E-state index contributed by atoms with van der Waals surface area (Å²) in [7, 11) is 0. The second-order valence-corrected chi connectivity index (χ2v) is 11.9. The first kappa shape index (κ1) is 26.8. The van der Waals surface area contributed by atoms with E-state index in [9.17, 15) is 14.4 Å². The van der Waals surface area contributed by atoms with Crippen molar-refractivity contribution in [1.82, 2.24) is 20.1 Å². The van der Waals surface area contributed by atoms with Crippen LogP contribution in [0, 0.1) is 5.92 Å². The minimum absolute atomic E-state index is 0.0346. The maximum Gasteiger partial charge on any atom is 0.245 e. The zero-order valence-corrected chi connectivity index (χ0v) is 22.9. The molecule has 3 aliphatic rings. The summed E-state index contributed by atoms with van der Waals surface area (Å²) < 4.78 is 0. The zero-order chi connectivity index (χ0) is 26.3. The number of benzene rings is 1. The number of carbonyl (C=O) groups excluding carboxylic acids is 3. The van der Waals surface area contributed by atoms with Gasteiger partial charge in [-0.25, -0.2) is 4.98 Å². The predicted molar refractivity (Wildman–Crippen MR) is 149 cm³/mol. The maximum absolute atomic E-state index is 13.0. The van der Waals surface area contributed by atoms with Crippen LogP contribution < -0.4 is 10.6 Å². The summed E-state index contributed by atoms with van der Waals surface area (Å²) in [4.78, 5) is 47.1. The van der Waals surface area contributed by atoms with Crippen LogP contribution in [0.4, 0.5) is 5.13 Å². The number of aromatic nitrogens is 1. The molecule has 3 amide bonds. The lowest BCUT2D eigenvalue weighted by Gasteiger charge is -2.32. The van der Waals surface area contributed by atoms with E-state index in [1.807, 2.05) is 11.4 Å². The first-order valence-corrected chi connectivity index (χ1v) is 15.0. The SMILES string of the molecule is O=C(CN(C(=O)C1CCCCC1)C1CC1)Nc1nc(CC(=O)NC2CCN(Cc3ccccc3)CC2)cs1. The Labute approximate surface area is 229 Å². The van der Waals surface area contributed by atoms with Gasteiger partial charge in [0.2, 0.25) is 17.7 Å². The molecule has 2 N–H and O–H groups in total. The minimum Gasteiger partial charge on any atom is -0.353 e. The first-order chi connectivity index (χ1) is 18.5. The molecule has 38 heavy (non-hydrogen) atoms. The molecule has 2 aromatic rings. The van der Waals surface area contributed by atoms with Gasteiger partial charge in [0.25, 0.3) is 0 Å². The first-order valence-electron chi connectivity index (χ1n) is 14.1. The monoisotopic (exact) mass is 537 g/mol. The van der Waals surface area contributed by atoms with Crippen molar-refractivity contribution in [1.29, 1.82) is 0 Å². The molecule has 9 heteroatoms. The largest absolute Gasteiger partial charge is 0.353 e. The minimum atomic E-state index is -0.214. The number of anilines is 1. The fourth-order valence-electron chi connectivity index (χ4n) is 5.64. The van der Waals surface area contributed by atoms with Crippen LogP contribution in [0.25, 0.3) is 0 Å². The molecule has 0 bridgehead atoms. The molecule has 1 saturated heterocycles. The van der Waals surface area contributed by atoms with Crippen LogP contribution in [0.15, 0.2) is 35.7 Å². The predicted octanol–water partition coefficient (Wildman–Crippen LogP) is 3.98. The van der Waals surface area contributed by atoms with E-state index < -0.39 is 0 Å². The van der Waals surface area contributed by atoms with Crippen molar-refractivity contribution in [2.75, 3.05) is 25.0 Å². The van der Waals surface area contributed by atoms with E-state index in [1.165, 1.54) is 23.3 Å². The maximum atomic E-state index is 13.0. The van der Waals surface area contributed by atoms with E-state index in [0.717, 1.165) is 71.0 Å². The molecule has 8 nitrogen and oxygen atoms in total. The van der Waals surface area contributed by atoms with Gasteiger partial charge in [-0.15, -0.1) is 11.3 Å². The number of nitrogens with one attached hydrogen (secondary N) is 2. The topological polar surface area (TPSA) is 94.6 Å². The van der Waals surface area contributed by atoms with Gasteiger partial charge in [0.15, 0.2) is 5.13 Å². The number of likely N-dealkylation sites (tertiary alicyclic amines) is 1. The third kappa shape index (κ3) is 7.63. The summed E-state index contributed by atoms with van der Waals surface area (Å²) >= 11 is 1.32. The summed E-state index contributed by atoms with van der Waals surface area (Å²) in [6, 6.07) is 10.9. The Hall–Kier alpha value is -2.78. The normalized spacial score (nSPS) is 19.2. The lowest BCUT2D eigenvalue weighted by atomic mass is 9.88. The Morgan fingerprint density at radius 2 is 1.68 bits per heavy atom. The van der Waals surface area contributed by atoms with Crippen molar-refractivity contribution in [3.63, 3.8) is 0 Å². The molecule has 1 aromatic heterocycles. The van der Waals surface area contributed by atoms with Gasteiger partial charge in [-0.05, 0) is 44.1 Å². The Morgan fingerprint density at radius 1 is 0.947 bits per heavy atom. The molecule has 0 spiro atoms. The van der Waals surface area contributed by atoms with Crippen LogP contribution in [-0.2, 0) is 27.3 Å². The third-order valence-electron chi connectivity index (χ3n) is 7.88. The Bertz CT molecular complexity index is 1090. The Balaban J connectivity index is 1.04. The summed E-state index contributed by atoms with van der Waals surface area (Å²) in [5, 5.41) is 8.31. The smallest absolute Gasteiger partial charge is 0.245 e. The number of piperidine rings is 1. The molecule has 5 rings (SSSR count). The molecule has 0 unspecified atom stereocenters. The molecule has 3 fully saturated rings. The third-order valence-corrected chi connectivity index (χ3v) is 8.69. The van der Waals surface area contributed by atoms with Gasteiger partial charge >= 0.3 is 0 Å². The van der Waals surface area contributed by atoms with E-state index in [-0.39, 0.29) is 48.7 Å². The van der Waals surface area contributed by atoms with Gasteiger partial charge in [0.1, 0.15) is 6.54 Å². The summed E-state index contributed by atoms with van der Waals surface area (Å²) in [6.07, 6.45) is 9.32. The molecular formula is C29H39N5O3S. The van der Waals surface area contributed by atoms with Crippen molar-refractivity contribution < 1.29 is 14.4 Å². The van der Waals surface area contributed by atoms with Gasteiger partial charge in [0, 0.05) is 43.0 Å². The highest BCUT2D eigenvalue weighted by Crippen LogP contribution is 2.32. The highest BCUT2D eigenvalue weighted by atomic mass is 32.1. The zero-order valence-electron chi connectivity index (χ0n) is 22.1. The van der Waals surface area contributed by atoms with E-state index in [4.69, 9.17) is 0 Å². The number of carbonyl (C=O) groups is 3. The number of hydrogen-bond acceptors (Lipinski definition) is 6. The van der Waals surface area contributed by atoms with E-state index in [1.54, 1.807) is 4.90 Å². The molecule has 0 radical (unpaired) electrons. The van der Waals surface area contributed by atoms with E-state index in [2.05, 4.69) is 44.8 Å². The molecule has 204 valence electrons. The van der Waals surface area contributed by atoms with Crippen LogP contribution in [0.3, 0.4) is 0 Å². The van der Waals surface area contributed by atoms with Crippen LogP contribution in [0.1, 0.15) is 69.0 Å². The van der Waals surface area contributed by atoms with Gasteiger partial charge < -0.3 is 15.5 Å². The van der Waals surface area contributed by atoms with Crippen LogP contribution in [-0.4, -0.2) is 64.2 Å². The quantitative estimate of drug-likeness (QED) is 0.478. The highest BCUT2D eigenvalue weighted by Gasteiger charge is 2.37. The number of thiazole rings is 1. The van der Waals surface area contributed by atoms with Crippen molar-refractivity contribution in [3.8, 4) is 0 Å². The molecule has 0 atom stereocenters. The lowest BCUT2D eigenvalue weighted by Crippen LogP contribution is -2.44. The van der Waals surface area contributed by atoms with Gasteiger partial charge in [-0.2, -0.15) is 0 Å². The van der Waals surface area contributed by atoms with Crippen LogP contribution >= 0.6 is 11.3 Å². The number of rotatable bonds is 10. The van der Waals surface area contributed by atoms with Gasteiger partial charge in [0.05, 0.1) is 12.1 Å². The average Bonchev–Trinajstić information content (AvgIpc) is 3.69. The molecular weight excluding hydrogens is 498 g/mol. The van der Waals surface area contributed by atoms with Crippen molar-refractivity contribution in [3.05, 3.63) is 47.0 Å². The number of hydrogen-bond donors (Lipinski definition) is 2. The number of amides is 3. The summed E-state index contributed by atoms with van der Waals surface area (Å²) in [5.74, 6) is -0.0377. The summed E-state index contributed by atoms with van der Waals surface area (Å²) in [5.41, 5.74) is 1.97. The second-order valence-electron chi connectivity index (χ2n) is 11.0. The lowest BCUT2D eigenvalue weighted by molar-refractivity contribution is -0.139. The fourth-order valence-corrected chi connectivity index (χ4v) is 6.36. The summed E-state index contributed by atoms with van der Waals surface area (Å²) in [6.45, 7) is 2.96. The van der Waals surface area contributed by atoms with Crippen molar-refractivity contribution in [2.45, 2.75) is 82.8 Å². The molecule has 2 saturated carbocycles. The van der Waals surface area contributed by atoms with Gasteiger partial charge in [-0.3, -0.25) is 19.3 Å². The second kappa shape index (κ2) is 12.8. The Morgan fingerprint density at radius 3 is 2.39 bits per heavy atom. The molecule has 1 aliphatic heterocycles. The van der Waals surface area contributed by atoms with E-state index >= 15 is 0 Å². The van der Waals surface area contributed by atoms with Crippen LogP contribution in [0.2, 0.25) is 0 Å². The fraction of sp³-hybridized carbons (Fsp3) is 0.586. The Kier molecular flexibility index (Phi) is 9.06. The molecule has 1 aromatic carbocycles. The van der Waals surface area contributed by atoms with Crippen LogP contribution in [0.5, 0.6) is 0 Å². The molecule has 2 heterocycles.